The Hall–Kier alpha value is -1.84. The van der Waals surface area contributed by atoms with Crippen LogP contribution in [-0.4, -0.2) is 17.3 Å². The van der Waals surface area contributed by atoms with Crippen molar-refractivity contribution in [2.75, 3.05) is 0 Å². The first-order valence-corrected chi connectivity index (χ1v) is 5.11. The lowest BCUT2D eigenvalue weighted by molar-refractivity contribution is -0.115. The first-order chi connectivity index (χ1) is 7.81. The lowest BCUT2D eigenvalue weighted by atomic mass is 9.99. The first kappa shape index (κ1) is 15.2. The summed E-state index contributed by atoms with van der Waals surface area (Å²) in [5.41, 5.74) is -0.0465. The van der Waals surface area contributed by atoms with E-state index in [1.165, 1.54) is 19.1 Å². The molecule has 0 rings (SSSR count). The average Bonchev–Trinajstić information content (AvgIpc) is 2.26. The molecule has 0 unspecified atom stereocenters. The summed E-state index contributed by atoms with van der Waals surface area (Å²) in [4.78, 5) is 22.2. The van der Waals surface area contributed by atoms with E-state index >= 15 is 0 Å². The molecular weight excluding hydrogens is 221 g/mol. The van der Waals surface area contributed by atoms with Gasteiger partial charge in [-0.05, 0) is 31.1 Å². The number of allylic oxidation sites excluding steroid dienone is 5. The zero-order valence-electron chi connectivity index (χ0n) is 10.3. The van der Waals surface area contributed by atoms with Gasteiger partial charge in [0.05, 0.1) is 0 Å². The molecule has 0 spiro atoms. The lowest BCUT2D eigenvalue weighted by Gasteiger charge is -2.05. The molecule has 0 aromatic rings. The molecule has 0 aromatic carbocycles. The van der Waals surface area contributed by atoms with Gasteiger partial charge in [-0.1, -0.05) is 12.7 Å². The highest BCUT2D eigenvalue weighted by Gasteiger charge is 2.16. The first-order valence-electron chi connectivity index (χ1n) is 5.11. The quantitative estimate of drug-likeness (QED) is 0.438. The summed E-state index contributed by atoms with van der Waals surface area (Å²) in [5, 5.41) is 7.21. The summed E-state index contributed by atoms with van der Waals surface area (Å²) in [7, 11) is 0. The van der Waals surface area contributed by atoms with Crippen LogP contribution >= 0.6 is 0 Å². The van der Waals surface area contributed by atoms with E-state index in [2.05, 4.69) is 6.58 Å². The second-order valence-electron chi connectivity index (χ2n) is 3.61. The predicted octanol–water partition coefficient (Wildman–Crippen LogP) is 2.93. The van der Waals surface area contributed by atoms with Crippen molar-refractivity contribution in [1.82, 2.24) is 0 Å². The van der Waals surface area contributed by atoms with Gasteiger partial charge in [0, 0.05) is 13.3 Å². The van der Waals surface area contributed by atoms with Crippen LogP contribution in [-0.2, 0) is 9.59 Å². The highest BCUT2D eigenvalue weighted by Crippen LogP contribution is 2.18. The number of hydrogen-bond donors (Lipinski definition) is 1. The molecule has 3 nitrogen and oxygen atoms in total. The van der Waals surface area contributed by atoms with Crippen LogP contribution in [0.3, 0.4) is 0 Å². The Morgan fingerprint density at radius 2 is 1.88 bits per heavy atom. The molecule has 0 radical (unpaired) electrons. The van der Waals surface area contributed by atoms with E-state index in [1.807, 2.05) is 0 Å². The second-order valence-corrected chi connectivity index (χ2v) is 3.61. The number of carbonyl (C=O) groups excluding carboxylic acids is 2. The van der Waals surface area contributed by atoms with Crippen LogP contribution in [0, 0.1) is 5.41 Å². The molecule has 0 heterocycles. The standard InChI is InChI=1S/C13H16FNO2/c1-5-6-11(14)9(3)8(2)7-12(17)13(15)10(4)16/h5-6,15H,2,7H2,1,3-4H3/b6-5-,11-9+,15-13?. The van der Waals surface area contributed by atoms with Gasteiger partial charge in [-0.15, -0.1) is 0 Å². The van der Waals surface area contributed by atoms with E-state index in [9.17, 15) is 14.0 Å². The molecule has 0 saturated carbocycles. The minimum Gasteiger partial charge on any atom is -0.294 e. The van der Waals surface area contributed by atoms with E-state index in [0.29, 0.717) is 0 Å². The van der Waals surface area contributed by atoms with Crippen LogP contribution in [0.4, 0.5) is 4.39 Å². The summed E-state index contributed by atoms with van der Waals surface area (Å²) >= 11 is 0. The molecule has 0 atom stereocenters. The van der Waals surface area contributed by atoms with Crippen LogP contribution < -0.4 is 0 Å². The summed E-state index contributed by atoms with van der Waals surface area (Å²) in [6.45, 7) is 7.90. The highest BCUT2D eigenvalue weighted by molar-refractivity contribution is 6.64. The Bertz CT molecular complexity index is 431. The fourth-order valence-electron chi connectivity index (χ4n) is 1.05. The van der Waals surface area contributed by atoms with Crippen molar-refractivity contribution in [3.05, 3.63) is 35.7 Å². The molecule has 0 saturated heterocycles. The molecule has 0 bridgehead atoms. The number of Topliss-reactive ketones (excluding diaryl/α,β-unsaturated/α-hetero) is 2. The molecule has 1 N–H and O–H groups in total. The van der Waals surface area contributed by atoms with E-state index < -0.39 is 23.1 Å². The van der Waals surface area contributed by atoms with Gasteiger partial charge in [-0.25, -0.2) is 4.39 Å². The van der Waals surface area contributed by atoms with Crippen molar-refractivity contribution in [2.45, 2.75) is 27.2 Å². The van der Waals surface area contributed by atoms with Crippen molar-refractivity contribution in [2.24, 2.45) is 0 Å². The maximum atomic E-state index is 13.4. The van der Waals surface area contributed by atoms with Crippen LogP contribution in [0.25, 0.3) is 0 Å². The predicted molar refractivity (Wildman–Crippen MR) is 65.8 cm³/mol. The Morgan fingerprint density at radius 1 is 1.35 bits per heavy atom. The minimum absolute atomic E-state index is 0.213. The number of rotatable bonds is 6. The van der Waals surface area contributed by atoms with Gasteiger partial charge in [0.2, 0.25) is 0 Å². The monoisotopic (exact) mass is 237 g/mol. The molecule has 0 aliphatic heterocycles. The Morgan fingerprint density at radius 3 is 2.29 bits per heavy atom. The number of carbonyl (C=O) groups is 2. The number of halogens is 1. The lowest BCUT2D eigenvalue weighted by Crippen LogP contribution is -2.20. The van der Waals surface area contributed by atoms with Crippen molar-refractivity contribution >= 4 is 17.3 Å². The van der Waals surface area contributed by atoms with Gasteiger partial charge >= 0.3 is 0 Å². The summed E-state index contributed by atoms with van der Waals surface area (Å²) in [5.74, 6) is -1.71. The highest BCUT2D eigenvalue weighted by atomic mass is 19.1. The van der Waals surface area contributed by atoms with Crippen molar-refractivity contribution in [1.29, 1.82) is 5.41 Å². The Labute approximate surface area is 100 Å². The van der Waals surface area contributed by atoms with Crippen LogP contribution in [0.15, 0.2) is 35.7 Å². The van der Waals surface area contributed by atoms with E-state index in [0.717, 1.165) is 6.92 Å². The van der Waals surface area contributed by atoms with Crippen LogP contribution in [0.2, 0.25) is 0 Å². The SMILES string of the molecule is C=C(CC(=O)C(=N)C(C)=O)/C(C)=C(F)\C=C/C. The molecule has 0 aliphatic rings. The van der Waals surface area contributed by atoms with Crippen LogP contribution in [0.5, 0.6) is 0 Å². The van der Waals surface area contributed by atoms with Gasteiger partial charge in [0.25, 0.3) is 0 Å². The molecular formula is C13H16FNO2. The third-order valence-corrected chi connectivity index (χ3v) is 2.21. The fourth-order valence-corrected chi connectivity index (χ4v) is 1.05. The molecule has 17 heavy (non-hydrogen) atoms. The largest absolute Gasteiger partial charge is 0.294 e. The zero-order valence-corrected chi connectivity index (χ0v) is 10.3. The summed E-state index contributed by atoms with van der Waals surface area (Å²) < 4.78 is 13.4. The van der Waals surface area contributed by atoms with E-state index in [1.54, 1.807) is 6.92 Å². The third-order valence-electron chi connectivity index (χ3n) is 2.21. The normalized spacial score (nSPS) is 12.2. The van der Waals surface area contributed by atoms with Gasteiger partial charge in [0.15, 0.2) is 11.6 Å². The number of nitrogens with one attached hydrogen (secondary N) is 1. The molecule has 0 fully saturated rings. The maximum Gasteiger partial charge on any atom is 0.188 e. The molecule has 4 heteroatoms. The van der Waals surface area contributed by atoms with Gasteiger partial charge in [0.1, 0.15) is 11.5 Å². The van der Waals surface area contributed by atoms with E-state index in [-0.39, 0.29) is 17.6 Å². The minimum atomic E-state index is -0.643. The Kier molecular flexibility index (Phi) is 5.96. The molecule has 92 valence electrons. The fraction of sp³-hybridized carbons (Fsp3) is 0.308. The topological polar surface area (TPSA) is 58.0 Å². The Balaban J connectivity index is 4.78. The van der Waals surface area contributed by atoms with E-state index in [4.69, 9.17) is 5.41 Å². The number of ketones is 2. The van der Waals surface area contributed by atoms with Gasteiger partial charge in [-0.2, -0.15) is 0 Å². The van der Waals surface area contributed by atoms with Crippen molar-refractivity contribution < 1.29 is 14.0 Å². The van der Waals surface area contributed by atoms with Crippen molar-refractivity contribution in [3.8, 4) is 0 Å². The molecule has 0 amide bonds. The number of hydrogen-bond acceptors (Lipinski definition) is 3. The zero-order chi connectivity index (χ0) is 13.6. The van der Waals surface area contributed by atoms with Gasteiger partial charge < -0.3 is 0 Å². The molecule has 0 aromatic heterocycles. The maximum absolute atomic E-state index is 13.4. The van der Waals surface area contributed by atoms with Crippen molar-refractivity contribution in [3.63, 3.8) is 0 Å². The molecule has 0 aliphatic carbocycles. The second kappa shape index (κ2) is 6.68. The summed E-state index contributed by atoms with van der Waals surface area (Å²) in [6.07, 6.45) is 2.59. The van der Waals surface area contributed by atoms with Crippen LogP contribution in [0.1, 0.15) is 27.2 Å². The third kappa shape index (κ3) is 4.68. The average molecular weight is 237 g/mol. The smallest absolute Gasteiger partial charge is 0.188 e. The summed E-state index contributed by atoms with van der Waals surface area (Å²) in [6, 6.07) is 0. The van der Waals surface area contributed by atoms with Gasteiger partial charge in [-0.3, -0.25) is 15.0 Å².